The Kier molecular flexibility index (Phi) is 2.95. The van der Waals surface area contributed by atoms with Crippen molar-refractivity contribution < 1.29 is 9.59 Å². The summed E-state index contributed by atoms with van der Waals surface area (Å²) in [4.78, 5) is 25.5. The van der Waals surface area contributed by atoms with Crippen molar-refractivity contribution in [3.63, 3.8) is 0 Å². The monoisotopic (exact) mass is 219 g/mol. The Morgan fingerprint density at radius 2 is 2.19 bits per heavy atom. The molecule has 0 bridgehead atoms. The molecule has 1 saturated heterocycles. The molecule has 0 aromatic heterocycles. The van der Waals surface area contributed by atoms with E-state index in [0.29, 0.717) is 13.0 Å². The van der Waals surface area contributed by atoms with Crippen molar-refractivity contribution in [2.75, 3.05) is 6.54 Å². The highest BCUT2D eigenvalue weighted by atomic mass is 16.2. The van der Waals surface area contributed by atoms with Crippen LogP contribution in [0, 0.1) is 11.8 Å². The van der Waals surface area contributed by atoms with Gasteiger partial charge >= 0.3 is 0 Å². The normalized spacial score (nSPS) is 28.8. The highest BCUT2D eigenvalue weighted by molar-refractivity contribution is 6.07. The van der Waals surface area contributed by atoms with Gasteiger partial charge in [-0.05, 0) is 18.4 Å². The molecular weight excluding hydrogens is 202 g/mol. The van der Waals surface area contributed by atoms with Gasteiger partial charge in [-0.15, -0.1) is 0 Å². The van der Waals surface area contributed by atoms with Crippen LogP contribution in [0.25, 0.3) is 0 Å². The Balaban J connectivity index is 2.19. The first kappa shape index (κ1) is 11.1. The van der Waals surface area contributed by atoms with Crippen molar-refractivity contribution in [3.05, 3.63) is 24.3 Å². The van der Waals surface area contributed by atoms with E-state index < -0.39 is 0 Å². The lowest BCUT2D eigenvalue weighted by molar-refractivity contribution is -0.139. The topological polar surface area (TPSA) is 37.4 Å². The molecule has 1 fully saturated rings. The van der Waals surface area contributed by atoms with Gasteiger partial charge in [0.05, 0.1) is 11.8 Å². The Labute approximate surface area is 95.8 Å². The number of nitrogens with zero attached hydrogens (tertiary/aromatic N) is 1. The number of unbranched alkanes of at least 4 members (excludes halogenated alkanes) is 1. The lowest BCUT2D eigenvalue weighted by atomic mass is 9.82. The van der Waals surface area contributed by atoms with Gasteiger partial charge in [-0.3, -0.25) is 14.5 Å². The molecule has 2 amide bonds. The number of allylic oxidation sites excluding steroid dienone is 2. The number of hydrogen-bond donors (Lipinski definition) is 0. The van der Waals surface area contributed by atoms with Crippen molar-refractivity contribution in [1.29, 1.82) is 0 Å². The zero-order chi connectivity index (χ0) is 11.7. The largest absolute Gasteiger partial charge is 0.282 e. The summed E-state index contributed by atoms with van der Waals surface area (Å²) in [7, 11) is 0. The van der Waals surface area contributed by atoms with Crippen LogP contribution in [-0.2, 0) is 9.59 Å². The van der Waals surface area contributed by atoms with E-state index in [1.165, 1.54) is 4.90 Å². The highest BCUT2D eigenvalue weighted by Crippen LogP contribution is 2.37. The van der Waals surface area contributed by atoms with Gasteiger partial charge < -0.3 is 0 Å². The number of carbonyl (C=O) groups is 2. The zero-order valence-electron chi connectivity index (χ0n) is 9.61. The van der Waals surface area contributed by atoms with Crippen LogP contribution in [0.5, 0.6) is 0 Å². The van der Waals surface area contributed by atoms with Crippen LogP contribution in [0.15, 0.2) is 24.3 Å². The minimum absolute atomic E-state index is 0.00560. The first-order valence-electron chi connectivity index (χ1n) is 5.87. The van der Waals surface area contributed by atoms with Gasteiger partial charge in [0.1, 0.15) is 0 Å². The third-order valence-electron chi connectivity index (χ3n) is 3.37. The third-order valence-corrected chi connectivity index (χ3v) is 3.37. The molecule has 86 valence electrons. The molecule has 2 aliphatic rings. The van der Waals surface area contributed by atoms with Crippen molar-refractivity contribution in [2.24, 2.45) is 11.8 Å². The van der Waals surface area contributed by atoms with E-state index in [1.807, 2.05) is 12.2 Å². The number of likely N-dealkylation sites (tertiary alicyclic amines) is 1. The average Bonchev–Trinajstić information content (AvgIpc) is 2.51. The number of hydrogen-bond acceptors (Lipinski definition) is 2. The molecule has 0 aromatic rings. The van der Waals surface area contributed by atoms with Crippen molar-refractivity contribution >= 4 is 11.8 Å². The summed E-state index contributed by atoms with van der Waals surface area (Å²) in [5.74, 6) is -0.511. The predicted molar refractivity (Wildman–Crippen MR) is 61.5 cm³/mol. The fraction of sp³-hybridized carbons (Fsp3) is 0.538. The molecule has 0 N–H and O–H groups in total. The maximum absolute atomic E-state index is 12.1. The summed E-state index contributed by atoms with van der Waals surface area (Å²) in [6, 6.07) is 0. The van der Waals surface area contributed by atoms with Crippen molar-refractivity contribution in [2.45, 2.75) is 26.2 Å². The van der Waals surface area contributed by atoms with E-state index in [4.69, 9.17) is 0 Å². The summed E-state index contributed by atoms with van der Waals surface area (Å²) in [5, 5.41) is 0. The molecule has 3 heteroatoms. The lowest BCUT2D eigenvalue weighted by Gasteiger charge is -2.17. The minimum atomic E-state index is -0.283. The second-order valence-corrected chi connectivity index (χ2v) is 4.48. The first-order valence-corrected chi connectivity index (χ1v) is 5.87. The van der Waals surface area contributed by atoms with Crippen LogP contribution in [0.4, 0.5) is 0 Å². The molecular formula is C13H17NO2. The second kappa shape index (κ2) is 4.24. The standard InChI is InChI=1S/C13H17NO2/c1-3-4-8-14-12(15)10-7-5-6-9(2)11(10)13(14)16/h5-6,10-11H,2-4,7-8H2,1H3. The van der Waals surface area contributed by atoms with E-state index in [0.717, 1.165) is 18.4 Å². The summed E-state index contributed by atoms with van der Waals surface area (Å²) in [6.45, 7) is 6.49. The molecule has 3 nitrogen and oxygen atoms in total. The summed E-state index contributed by atoms with van der Waals surface area (Å²) < 4.78 is 0. The van der Waals surface area contributed by atoms with E-state index in [1.54, 1.807) is 0 Å². The van der Waals surface area contributed by atoms with E-state index in [-0.39, 0.29) is 23.7 Å². The molecule has 16 heavy (non-hydrogen) atoms. The van der Waals surface area contributed by atoms with Gasteiger partial charge in [0.2, 0.25) is 11.8 Å². The van der Waals surface area contributed by atoms with Gasteiger partial charge in [-0.1, -0.05) is 32.1 Å². The van der Waals surface area contributed by atoms with Crippen molar-refractivity contribution in [1.82, 2.24) is 4.90 Å². The van der Waals surface area contributed by atoms with E-state index in [9.17, 15) is 9.59 Å². The molecule has 0 spiro atoms. The Bertz CT molecular complexity index is 370. The molecule has 0 saturated carbocycles. The highest BCUT2D eigenvalue weighted by Gasteiger charge is 2.48. The van der Waals surface area contributed by atoms with Gasteiger partial charge in [-0.25, -0.2) is 0 Å². The smallest absolute Gasteiger partial charge is 0.237 e. The molecule has 0 aromatic carbocycles. The average molecular weight is 219 g/mol. The van der Waals surface area contributed by atoms with Crippen LogP contribution in [0.1, 0.15) is 26.2 Å². The van der Waals surface area contributed by atoms with Crippen LogP contribution in [-0.4, -0.2) is 23.3 Å². The molecule has 2 unspecified atom stereocenters. The molecule has 2 rings (SSSR count). The van der Waals surface area contributed by atoms with Gasteiger partial charge in [0, 0.05) is 6.54 Å². The molecule has 1 aliphatic heterocycles. The number of fused-ring (bicyclic) bond motifs is 1. The molecule has 2 atom stereocenters. The Morgan fingerprint density at radius 1 is 1.44 bits per heavy atom. The fourth-order valence-corrected chi connectivity index (χ4v) is 2.45. The fourth-order valence-electron chi connectivity index (χ4n) is 2.45. The maximum Gasteiger partial charge on any atom is 0.237 e. The number of rotatable bonds is 3. The lowest BCUT2D eigenvalue weighted by Crippen LogP contribution is -2.32. The predicted octanol–water partition coefficient (Wildman–Crippen LogP) is 1.90. The SMILES string of the molecule is C=C1C=CCC2C(=O)N(CCCC)C(=O)C12. The quantitative estimate of drug-likeness (QED) is 0.680. The van der Waals surface area contributed by atoms with E-state index in [2.05, 4.69) is 13.5 Å². The number of carbonyl (C=O) groups excluding carboxylic acids is 2. The zero-order valence-corrected chi connectivity index (χ0v) is 9.61. The molecule has 1 heterocycles. The van der Waals surface area contributed by atoms with Crippen LogP contribution in [0.2, 0.25) is 0 Å². The Hall–Kier alpha value is -1.38. The van der Waals surface area contributed by atoms with Crippen molar-refractivity contribution in [3.8, 4) is 0 Å². The summed E-state index contributed by atoms with van der Waals surface area (Å²) in [5.41, 5.74) is 0.786. The second-order valence-electron chi connectivity index (χ2n) is 4.48. The maximum atomic E-state index is 12.1. The summed E-state index contributed by atoms with van der Waals surface area (Å²) >= 11 is 0. The molecule has 1 aliphatic carbocycles. The van der Waals surface area contributed by atoms with E-state index >= 15 is 0 Å². The first-order chi connectivity index (χ1) is 7.66. The van der Waals surface area contributed by atoms with Crippen LogP contribution >= 0.6 is 0 Å². The molecule has 0 radical (unpaired) electrons. The van der Waals surface area contributed by atoms with Gasteiger partial charge in [0.15, 0.2) is 0 Å². The number of imide groups is 1. The van der Waals surface area contributed by atoms with Gasteiger partial charge in [-0.2, -0.15) is 0 Å². The minimum Gasteiger partial charge on any atom is -0.282 e. The number of amides is 2. The third kappa shape index (κ3) is 1.60. The van der Waals surface area contributed by atoms with Crippen LogP contribution < -0.4 is 0 Å². The Morgan fingerprint density at radius 3 is 2.81 bits per heavy atom. The van der Waals surface area contributed by atoms with Gasteiger partial charge in [0.25, 0.3) is 0 Å². The van der Waals surface area contributed by atoms with Crippen LogP contribution in [0.3, 0.4) is 0 Å². The summed E-state index contributed by atoms with van der Waals surface area (Å²) in [6.07, 6.45) is 6.37.